The van der Waals surface area contributed by atoms with E-state index in [0.29, 0.717) is 5.41 Å². The van der Waals surface area contributed by atoms with E-state index in [2.05, 4.69) is 84.2 Å². The number of thioether (sulfide) groups is 2. The fourth-order valence-electron chi connectivity index (χ4n) is 4.62. The number of allylic oxidation sites excluding steroid dienone is 1. The van der Waals surface area contributed by atoms with E-state index in [1.165, 1.54) is 29.9 Å². The highest BCUT2D eigenvalue weighted by atomic mass is 32.2. The van der Waals surface area contributed by atoms with Crippen LogP contribution in [-0.2, 0) is 13.9 Å². The molecule has 3 rings (SSSR count). The molecule has 0 radical (unpaired) electrons. The minimum Gasteiger partial charge on any atom is -0.407 e. The van der Waals surface area contributed by atoms with Crippen LogP contribution in [0, 0.1) is 5.41 Å². The summed E-state index contributed by atoms with van der Waals surface area (Å²) < 4.78 is 20.2. The van der Waals surface area contributed by atoms with Crippen molar-refractivity contribution in [2.45, 2.75) is 120 Å². The van der Waals surface area contributed by atoms with E-state index in [-0.39, 0.29) is 27.1 Å². The molecular formula is C25H46O3S2Si. The van der Waals surface area contributed by atoms with Gasteiger partial charge in [-0.2, -0.15) is 0 Å². The van der Waals surface area contributed by atoms with E-state index >= 15 is 0 Å². The molecule has 0 bridgehead atoms. The van der Waals surface area contributed by atoms with Gasteiger partial charge in [0.2, 0.25) is 0 Å². The Balaban J connectivity index is 1.92. The van der Waals surface area contributed by atoms with Gasteiger partial charge in [-0.15, -0.1) is 23.5 Å². The summed E-state index contributed by atoms with van der Waals surface area (Å²) in [5.74, 6) is 2.41. The van der Waals surface area contributed by atoms with Crippen LogP contribution in [0.5, 0.6) is 0 Å². The van der Waals surface area contributed by atoms with Crippen LogP contribution in [0.2, 0.25) is 18.1 Å². The summed E-state index contributed by atoms with van der Waals surface area (Å²) in [4.78, 5) is 0. The molecule has 3 nitrogen and oxygen atoms in total. The largest absolute Gasteiger partial charge is 0.407 e. The zero-order chi connectivity index (χ0) is 23.1. The quantitative estimate of drug-likeness (QED) is 0.294. The van der Waals surface area contributed by atoms with E-state index < -0.39 is 8.32 Å². The van der Waals surface area contributed by atoms with Crippen molar-refractivity contribution in [2.75, 3.05) is 18.6 Å². The van der Waals surface area contributed by atoms with Gasteiger partial charge in [0.25, 0.3) is 0 Å². The fourth-order valence-corrected chi connectivity index (χ4v) is 9.30. The normalized spacial score (nSPS) is 32.5. The molecule has 2 heterocycles. The molecule has 0 N–H and O–H groups in total. The molecule has 0 aromatic rings. The minimum atomic E-state index is -1.97. The van der Waals surface area contributed by atoms with Crippen molar-refractivity contribution in [1.29, 1.82) is 0 Å². The molecule has 1 spiro atoms. The van der Waals surface area contributed by atoms with E-state index in [1.54, 1.807) is 0 Å². The van der Waals surface area contributed by atoms with Crippen molar-refractivity contribution in [2.24, 2.45) is 5.41 Å². The highest BCUT2D eigenvalue weighted by Gasteiger charge is 2.55. The fraction of sp³-hybridized carbons (Fsp3) is 0.920. The lowest BCUT2D eigenvalue weighted by atomic mass is 9.74. The second-order valence-corrected chi connectivity index (χ2v) is 20.1. The van der Waals surface area contributed by atoms with Crippen LogP contribution in [0.25, 0.3) is 0 Å². The van der Waals surface area contributed by atoms with Crippen LogP contribution in [0.1, 0.15) is 80.1 Å². The first-order valence-electron chi connectivity index (χ1n) is 12.1. The summed E-state index contributed by atoms with van der Waals surface area (Å²) in [7, 11) is -0.151. The highest BCUT2D eigenvalue weighted by molar-refractivity contribution is 8.18. The summed E-state index contributed by atoms with van der Waals surface area (Å²) in [6, 6.07) is 0. The Hall–Kier alpha value is 0.537. The van der Waals surface area contributed by atoms with E-state index in [1.807, 2.05) is 7.11 Å². The lowest BCUT2D eigenvalue weighted by Gasteiger charge is -2.54. The zero-order valence-electron chi connectivity index (χ0n) is 21.4. The first-order valence-corrected chi connectivity index (χ1v) is 17.0. The number of rotatable bonds is 5. The lowest BCUT2D eigenvalue weighted by Crippen LogP contribution is -2.60. The summed E-state index contributed by atoms with van der Waals surface area (Å²) in [6.45, 7) is 18.8. The average Bonchev–Trinajstić information content (AvgIpc) is 2.68. The molecule has 0 saturated carbocycles. The van der Waals surface area contributed by atoms with Crippen LogP contribution in [0.15, 0.2) is 11.6 Å². The summed E-state index contributed by atoms with van der Waals surface area (Å²) in [5, 5.41) is 0.168. The van der Waals surface area contributed by atoms with Gasteiger partial charge in [-0.05, 0) is 86.1 Å². The molecule has 0 unspecified atom stereocenters. The third kappa shape index (κ3) is 5.62. The zero-order valence-corrected chi connectivity index (χ0v) is 24.1. The Morgan fingerprint density at radius 3 is 2.26 bits per heavy atom. The van der Waals surface area contributed by atoms with Gasteiger partial charge >= 0.3 is 0 Å². The van der Waals surface area contributed by atoms with Gasteiger partial charge in [-0.25, -0.2) is 0 Å². The smallest absolute Gasteiger partial charge is 0.193 e. The molecule has 31 heavy (non-hydrogen) atoms. The van der Waals surface area contributed by atoms with Gasteiger partial charge in [0.1, 0.15) is 4.08 Å². The van der Waals surface area contributed by atoms with Crippen LogP contribution in [0.3, 0.4) is 0 Å². The SMILES string of the molecule is CO[C@H]1O[C@](C)([C@@H](O[Si](C)(C)C(C)(C)C)C2=CCC(C)(C)CC2)CCC12SCCCS2. The summed E-state index contributed by atoms with van der Waals surface area (Å²) in [5.41, 5.74) is 1.49. The molecule has 3 aliphatic rings. The molecule has 6 heteroatoms. The number of hydrogen-bond donors (Lipinski definition) is 0. The molecule has 0 amide bonds. The molecular weight excluding hydrogens is 440 g/mol. The minimum absolute atomic E-state index is 0.0121. The lowest BCUT2D eigenvalue weighted by molar-refractivity contribution is -0.243. The van der Waals surface area contributed by atoms with Crippen molar-refractivity contribution in [3.05, 3.63) is 11.6 Å². The standard InChI is InChI=1S/C25H46O3S2Si/c1-22(2,3)31(8,9)28-20(19-11-13-23(4,5)14-12-19)24(6)15-16-25(21(26-7)27-24)29-17-10-18-30-25/h11,20-21H,10,12-18H2,1-9H3/t20-,21-,24-/m0/s1. The Morgan fingerprint density at radius 1 is 1.10 bits per heavy atom. The van der Waals surface area contributed by atoms with Gasteiger partial charge in [-0.1, -0.05) is 40.7 Å². The number of hydrogen-bond acceptors (Lipinski definition) is 5. The van der Waals surface area contributed by atoms with Gasteiger partial charge in [-0.3, -0.25) is 0 Å². The second kappa shape index (κ2) is 9.29. The van der Waals surface area contributed by atoms with Crippen molar-refractivity contribution in [3.63, 3.8) is 0 Å². The van der Waals surface area contributed by atoms with Crippen molar-refractivity contribution >= 4 is 31.8 Å². The molecule has 2 fully saturated rings. The van der Waals surface area contributed by atoms with Gasteiger partial charge in [0.05, 0.1) is 11.7 Å². The third-order valence-corrected chi connectivity index (χ3v) is 15.9. The van der Waals surface area contributed by atoms with Gasteiger partial charge < -0.3 is 13.9 Å². The maximum atomic E-state index is 7.20. The molecule has 0 aromatic carbocycles. The first-order chi connectivity index (χ1) is 14.2. The number of methoxy groups -OCH3 is 1. The summed E-state index contributed by atoms with van der Waals surface area (Å²) >= 11 is 4.10. The Bertz CT molecular complexity index is 664. The van der Waals surface area contributed by atoms with Crippen LogP contribution >= 0.6 is 23.5 Å². The monoisotopic (exact) mass is 486 g/mol. The van der Waals surface area contributed by atoms with Crippen molar-refractivity contribution in [1.82, 2.24) is 0 Å². The molecule has 2 aliphatic heterocycles. The molecule has 3 atom stereocenters. The Kier molecular flexibility index (Phi) is 7.84. The van der Waals surface area contributed by atoms with Crippen LogP contribution < -0.4 is 0 Å². The average molecular weight is 487 g/mol. The predicted molar refractivity (Wildman–Crippen MR) is 140 cm³/mol. The van der Waals surface area contributed by atoms with Crippen LogP contribution in [-0.4, -0.2) is 49.0 Å². The van der Waals surface area contributed by atoms with E-state index in [9.17, 15) is 0 Å². The van der Waals surface area contributed by atoms with Crippen molar-refractivity contribution < 1.29 is 13.9 Å². The van der Waals surface area contributed by atoms with Crippen molar-refractivity contribution in [3.8, 4) is 0 Å². The van der Waals surface area contributed by atoms with Gasteiger partial charge in [0.15, 0.2) is 14.6 Å². The Labute approximate surface area is 201 Å². The van der Waals surface area contributed by atoms with Crippen LogP contribution in [0.4, 0.5) is 0 Å². The third-order valence-electron chi connectivity index (χ3n) is 8.02. The Morgan fingerprint density at radius 2 is 1.74 bits per heavy atom. The topological polar surface area (TPSA) is 27.7 Å². The molecule has 0 aromatic heterocycles. The van der Waals surface area contributed by atoms with Gasteiger partial charge in [0, 0.05) is 7.11 Å². The summed E-state index contributed by atoms with van der Waals surface area (Å²) in [6.07, 6.45) is 9.18. The predicted octanol–water partition coefficient (Wildman–Crippen LogP) is 7.62. The maximum Gasteiger partial charge on any atom is 0.193 e. The molecule has 2 saturated heterocycles. The highest BCUT2D eigenvalue weighted by Crippen LogP contribution is 2.56. The van der Waals surface area contributed by atoms with E-state index in [0.717, 1.165) is 25.7 Å². The van der Waals surface area contributed by atoms with E-state index in [4.69, 9.17) is 13.9 Å². The number of ether oxygens (including phenoxy) is 2. The molecule has 180 valence electrons. The maximum absolute atomic E-state index is 7.20. The molecule has 1 aliphatic carbocycles. The second-order valence-electron chi connectivity index (χ2n) is 12.3. The first kappa shape index (κ1) is 26.1.